The van der Waals surface area contributed by atoms with Gasteiger partial charge in [0.25, 0.3) is 0 Å². The van der Waals surface area contributed by atoms with Crippen LogP contribution in [0.15, 0.2) is 24.3 Å². The summed E-state index contributed by atoms with van der Waals surface area (Å²) in [5.74, 6) is 0.677. The zero-order chi connectivity index (χ0) is 19.0. The molecule has 0 saturated carbocycles. The predicted molar refractivity (Wildman–Crippen MR) is 104 cm³/mol. The maximum atomic E-state index is 12.6. The van der Waals surface area contributed by atoms with Crippen LogP contribution < -0.4 is 15.4 Å². The van der Waals surface area contributed by atoms with Gasteiger partial charge in [-0.1, -0.05) is 0 Å². The number of ether oxygens (including phenoxy) is 1. The van der Waals surface area contributed by atoms with Crippen LogP contribution in [0.4, 0.5) is 0 Å². The second-order valence-electron chi connectivity index (χ2n) is 6.51. The van der Waals surface area contributed by atoms with Crippen LogP contribution in [0.3, 0.4) is 0 Å². The molecule has 1 amide bonds. The minimum absolute atomic E-state index is 0.0285. The summed E-state index contributed by atoms with van der Waals surface area (Å²) in [6.07, 6.45) is 2.14. The van der Waals surface area contributed by atoms with Crippen LogP contribution in [-0.4, -0.2) is 47.2 Å². The Morgan fingerprint density at radius 3 is 2.38 bits per heavy atom. The number of para-hydroxylation sites is 1. The molecule has 3 rings (SSSR count). The quantitative estimate of drug-likeness (QED) is 0.506. The third-order valence-corrected chi connectivity index (χ3v) is 5.83. The molecule has 0 radical (unpaired) electrons. The van der Waals surface area contributed by atoms with Crippen molar-refractivity contribution in [2.45, 2.75) is 32.3 Å². The van der Waals surface area contributed by atoms with E-state index in [1.165, 1.54) is 0 Å². The number of amides is 1. The van der Waals surface area contributed by atoms with Crippen molar-refractivity contribution in [3.05, 3.63) is 36.5 Å². The van der Waals surface area contributed by atoms with E-state index in [1.807, 2.05) is 40.4 Å². The van der Waals surface area contributed by atoms with E-state index < -0.39 is 19.1 Å². The molecule has 2 fully saturated rings. The second-order valence-corrected chi connectivity index (χ2v) is 12.2. The van der Waals surface area contributed by atoms with Crippen LogP contribution in [0, 0.1) is 6.67 Å². The molecule has 5 nitrogen and oxygen atoms in total. The van der Waals surface area contributed by atoms with Gasteiger partial charge >= 0.3 is 139 Å². The van der Waals surface area contributed by atoms with Crippen LogP contribution in [-0.2, 0) is 18.3 Å². The van der Waals surface area contributed by atoms with Gasteiger partial charge in [-0.15, -0.1) is 0 Å². The van der Waals surface area contributed by atoms with Crippen LogP contribution in [0.1, 0.15) is 32.3 Å². The first-order chi connectivity index (χ1) is 12.4. The summed E-state index contributed by atoms with van der Waals surface area (Å²) in [5.41, 5.74) is -0.0478. The Balaban J connectivity index is 0.000000417. The molecule has 8 heteroatoms. The zero-order valence-corrected chi connectivity index (χ0v) is 18.3. The molecule has 0 aliphatic carbocycles. The molecule has 1 aromatic rings. The summed E-state index contributed by atoms with van der Waals surface area (Å²) in [6.45, 7) is 9.28. The molecule has 148 valence electrons. The normalized spacial score (nSPS) is 17.4. The summed E-state index contributed by atoms with van der Waals surface area (Å²) in [4.78, 5) is 14.4. The van der Waals surface area contributed by atoms with Gasteiger partial charge in [-0.2, -0.15) is 0 Å². The largest absolute Gasteiger partial charge is 0.455 e. The third-order valence-electron chi connectivity index (χ3n) is 4.00. The molecule has 2 aliphatic rings. The summed E-state index contributed by atoms with van der Waals surface area (Å²) < 4.78 is 7.82. The van der Waals surface area contributed by atoms with Gasteiger partial charge in [0.2, 0.25) is 0 Å². The average Bonchev–Trinajstić information content (AvgIpc) is 3.31. The number of hydrogen-bond acceptors (Lipinski definition) is 4. The summed E-state index contributed by atoms with van der Waals surface area (Å²) in [5, 5.41) is 5.97. The second kappa shape index (κ2) is 10.7. The number of likely N-dealkylation sites (tertiary alicyclic amines) is 1. The maximum Gasteiger partial charge on any atom is -0.0211 e. The van der Waals surface area contributed by atoms with E-state index in [1.54, 1.807) is 13.8 Å². The number of halogens is 2. The molecule has 1 aromatic carbocycles. The Bertz CT molecular complexity index is 619. The fourth-order valence-corrected chi connectivity index (χ4v) is 4.53. The molecule has 0 unspecified atom stereocenters. The van der Waals surface area contributed by atoms with Gasteiger partial charge in [-0.05, 0) is 13.1 Å². The van der Waals surface area contributed by atoms with E-state index in [2.05, 4.69) is 10.6 Å². The van der Waals surface area contributed by atoms with Gasteiger partial charge in [0, 0.05) is 0 Å². The van der Waals surface area contributed by atoms with Crippen molar-refractivity contribution >= 4 is 29.9 Å². The molecule has 0 bridgehead atoms. The van der Waals surface area contributed by atoms with Crippen LogP contribution in [0.2, 0.25) is 0 Å². The van der Waals surface area contributed by atoms with Crippen LogP contribution in [0.5, 0.6) is 5.75 Å². The van der Waals surface area contributed by atoms with Crippen molar-refractivity contribution in [3.63, 3.8) is 0 Å². The Kier molecular flexibility index (Phi) is 8.98. The maximum absolute atomic E-state index is 12.6. The van der Waals surface area contributed by atoms with Crippen molar-refractivity contribution in [2.24, 2.45) is 0 Å². The van der Waals surface area contributed by atoms with Crippen molar-refractivity contribution in [2.75, 3.05) is 26.2 Å². The topological polar surface area (TPSA) is 53.6 Å². The minimum Gasteiger partial charge on any atom is -0.455 e. The van der Waals surface area contributed by atoms with E-state index in [0.717, 1.165) is 44.6 Å². The zero-order valence-electron chi connectivity index (χ0n) is 15.1. The number of rotatable bonds is 4. The monoisotopic (exact) mass is 488 g/mol. The smallest absolute Gasteiger partial charge is 0.0211 e. The van der Waals surface area contributed by atoms with Crippen molar-refractivity contribution in [3.8, 4) is 5.75 Å². The Hall–Kier alpha value is -0.517. The van der Waals surface area contributed by atoms with E-state index in [4.69, 9.17) is 24.1 Å². The van der Waals surface area contributed by atoms with Crippen LogP contribution >= 0.6 is 19.4 Å². The number of carbonyl (C=O) groups is 1. The summed E-state index contributed by atoms with van der Waals surface area (Å²) in [7, 11) is 11.9. The minimum atomic E-state index is -1.94. The first-order valence-electron chi connectivity index (χ1n) is 8.59. The number of nitrogens with zero attached hydrogens (tertiary/aromatic N) is 1. The molecule has 0 spiro atoms. The molecule has 2 aliphatic heterocycles. The van der Waals surface area contributed by atoms with Gasteiger partial charge in [-0.3, -0.25) is 0 Å². The third kappa shape index (κ3) is 6.90. The van der Waals surface area contributed by atoms with Gasteiger partial charge in [0.15, 0.2) is 0 Å². The van der Waals surface area contributed by atoms with Crippen molar-refractivity contribution < 1.29 is 23.0 Å². The fourth-order valence-electron chi connectivity index (χ4n) is 2.72. The number of benzene rings is 1. The van der Waals surface area contributed by atoms with E-state index in [9.17, 15) is 4.79 Å². The Morgan fingerprint density at radius 2 is 1.85 bits per heavy atom. The fraction of sp³-hybridized carbons (Fsp3) is 0.500. The molecule has 0 aromatic heterocycles. The van der Waals surface area contributed by atoms with Crippen LogP contribution in [0.25, 0.3) is 0 Å². The SMILES string of the molecule is CC(C)(Oc1ccccc1[CH]=[Ru]([Cl])[Cl])C(=O)N1CCCC1.[CH-]1NCCN1. The van der Waals surface area contributed by atoms with E-state index in [-0.39, 0.29) is 5.91 Å². The molecule has 26 heavy (non-hydrogen) atoms. The van der Waals surface area contributed by atoms with E-state index >= 15 is 0 Å². The Morgan fingerprint density at radius 1 is 1.23 bits per heavy atom. The summed E-state index contributed by atoms with van der Waals surface area (Å²) in [6, 6.07) is 7.52. The van der Waals surface area contributed by atoms with Gasteiger partial charge in [0.1, 0.15) is 0 Å². The molecule has 0 atom stereocenters. The molecular weight excluding hydrogens is 462 g/mol. The number of hydrogen-bond donors (Lipinski definition) is 2. The summed E-state index contributed by atoms with van der Waals surface area (Å²) >= 11 is -1.94. The first-order valence-corrected chi connectivity index (χ1v) is 14.1. The standard InChI is InChI=1S/C15H19NO2.C3H7N2.2ClH.Ru/c1-12-8-4-5-9-13(12)18-15(2,3)14(17)16-10-6-7-11-16;1-2-5-3-4-1;;;/h1,4-5,8-9H,6-7,10-11H2,2-3H3;3-5H,1-2H2;2*1H;/q;-1;;;+2/p-2. The predicted octanol–water partition coefficient (Wildman–Crippen LogP) is 2.84. The number of carbonyl (C=O) groups excluding carboxylic acids is 1. The van der Waals surface area contributed by atoms with Gasteiger partial charge in [0.05, 0.1) is 0 Å². The first kappa shape index (κ1) is 21.8. The molecular formula is C18H26Cl2N3O2Ru-. The Labute approximate surface area is 168 Å². The molecule has 2 saturated heterocycles. The number of nitrogens with one attached hydrogen (secondary N) is 2. The van der Waals surface area contributed by atoms with Gasteiger partial charge in [-0.25, -0.2) is 6.67 Å². The van der Waals surface area contributed by atoms with E-state index in [0.29, 0.717) is 5.75 Å². The van der Waals surface area contributed by atoms with Gasteiger partial charge < -0.3 is 10.6 Å². The molecule has 2 heterocycles. The average molecular weight is 488 g/mol. The van der Waals surface area contributed by atoms with Crippen molar-refractivity contribution in [1.82, 2.24) is 15.5 Å². The van der Waals surface area contributed by atoms with Crippen molar-refractivity contribution in [1.29, 1.82) is 0 Å². The molecule has 2 N–H and O–H groups in total.